The maximum atomic E-state index is 12.9. The molecule has 1 aliphatic heterocycles. The minimum Gasteiger partial charge on any atom is -0.480 e. The molecule has 35 heavy (non-hydrogen) atoms. The van der Waals surface area contributed by atoms with Gasteiger partial charge in [-0.3, -0.25) is 9.59 Å². The quantitative estimate of drug-likeness (QED) is 0.298. The molecule has 8 nitrogen and oxygen atoms in total. The van der Waals surface area contributed by atoms with Gasteiger partial charge in [0.1, 0.15) is 18.4 Å². The average molecular weight is 472 g/mol. The zero-order valence-electron chi connectivity index (χ0n) is 19.4. The summed E-state index contributed by atoms with van der Waals surface area (Å²) in [5.41, 5.74) is 3.58. The Bertz CT molecular complexity index is 1330. The summed E-state index contributed by atoms with van der Waals surface area (Å²) in [6, 6.07) is 15.5. The van der Waals surface area contributed by atoms with Crippen molar-refractivity contribution < 1.29 is 23.8 Å². The van der Waals surface area contributed by atoms with Crippen LogP contribution in [0.3, 0.4) is 0 Å². The third kappa shape index (κ3) is 5.36. The van der Waals surface area contributed by atoms with E-state index in [1.165, 1.54) is 6.21 Å². The smallest absolute Gasteiger partial charge is 0.262 e. The van der Waals surface area contributed by atoms with Crippen LogP contribution in [0.1, 0.15) is 29.8 Å². The van der Waals surface area contributed by atoms with Gasteiger partial charge in [-0.25, -0.2) is 5.43 Å². The SMILES string of the molecule is C#CCOc1ccc2ccccc2c1C=NNC(=O)C(NC(=O)c1ccc2c(c1)OCO2)C(C)C. The number of carbonyl (C=O) groups is 2. The van der Waals surface area contributed by atoms with Gasteiger partial charge >= 0.3 is 0 Å². The number of hydrogen-bond acceptors (Lipinski definition) is 6. The number of hydrogen-bond donors (Lipinski definition) is 2. The van der Waals surface area contributed by atoms with Gasteiger partial charge in [0.05, 0.1) is 6.21 Å². The highest BCUT2D eigenvalue weighted by atomic mass is 16.7. The number of nitrogens with zero attached hydrogens (tertiary/aromatic N) is 1. The van der Waals surface area contributed by atoms with Crippen LogP contribution in [0.25, 0.3) is 10.8 Å². The molecule has 0 saturated carbocycles. The number of amides is 2. The zero-order valence-corrected chi connectivity index (χ0v) is 19.4. The Morgan fingerprint density at radius 1 is 1.14 bits per heavy atom. The molecule has 3 aromatic rings. The topological polar surface area (TPSA) is 98.2 Å². The van der Waals surface area contributed by atoms with Crippen LogP contribution in [0.5, 0.6) is 17.2 Å². The molecule has 178 valence electrons. The van der Waals surface area contributed by atoms with Crippen molar-refractivity contribution in [3.63, 3.8) is 0 Å². The molecule has 1 unspecified atom stereocenters. The van der Waals surface area contributed by atoms with E-state index in [1.807, 2.05) is 50.2 Å². The normalized spacial score (nSPS) is 13.0. The van der Waals surface area contributed by atoms with E-state index in [1.54, 1.807) is 18.2 Å². The minimum absolute atomic E-state index is 0.104. The highest BCUT2D eigenvalue weighted by molar-refractivity contribution is 6.03. The van der Waals surface area contributed by atoms with Crippen LogP contribution < -0.4 is 25.0 Å². The Labute approximate surface area is 203 Å². The molecule has 2 amide bonds. The van der Waals surface area contributed by atoms with Crippen LogP contribution in [0.2, 0.25) is 0 Å². The Morgan fingerprint density at radius 2 is 1.94 bits per heavy atom. The molecule has 0 bridgehead atoms. The summed E-state index contributed by atoms with van der Waals surface area (Å²) in [5, 5.41) is 8.81. The molecular weight excluding hydrogens is 446 g/mol. The number of fused-ring (bicyclic) bond motifs is 2. The fraction of sp³-hybridized carbons (Fsp3) is 0.222. The van der Waals surface area contributed by atoms with Gasteiger partial charge in [-0.1, -0.05) is 50.1 Å². The molecule has 0 spiro atoms. The molecule has 4 rings (SSSR count). The van der Waals surface area contributed by atoms with Crippen molar-refractivity contribution in [1.29, 1.82) is 0 Å². The molecule has 1 atom stereocenters. The van der Waals surface area contributed by atoms with Crippen molar-refractivity contribution in [3.05, 3.63) is 65.7 Å². The summed E-state index contributed by atoms with van der Waals surface area (Å²) in [6.45, 7) is 3.89. The number of hydrazone groups is 1. The molecule has 3 aromatic carbocycles. The number of nitrogens with one attached hydrogen (secondary N) is 2. The highest BCUT2D eigenvalue weighted by Crippen LogP contribution is 2.32. The van der Waals surface area contributed by atoms with Crippen LogP contribution in [-0.4, -0.2) is 37.5 Å². The van der Waals surface area contributed by atoms with Gasteiger partial charge in [0.25, 0.3) is 11.8 Å². The second kappa shape index (κ2) is 10.6. The number of ether oxygens (including phenoxy) is 3. The van der Waals surface area contributed by atoms with Crippen LogP contribution in [0.15, 0.2) is 59.7 Å². The maximum absolute atomic E-state index is 12.9. The number of terminal acetylenes is 1. The third-order valence-corrected chi connectivity index (χ3v) is 5.48. The zero-order chi connectivity index (χ0) is 24.8. The lowest BCUT2D eigenvalue weighted by atomic mass is 10.0. The van der Waals surface area contributed by atoms with Gasteiger partial charge < -0.3 is 19.5 Å². The maximum Gasteiger partial charge on any atom is 0.262 e. The van der Waals surface area contributed by atoms with Gasteiger partial charge in [-0.05, 0) is 41.0 Å². The molecule has 1 aliphatic rings. The van der Waals surface area contributed by atoms with Crippen molar-refractivity contribution in [2.75, 3.05) is 13.4 Å². The van der Waals surface area contributed by atoms with Gasteiger partial charge in [0.15, 0.2) is 11.5 Å². The Hall–Kier alpha value is -4.51. The molecule has 0 aromatic heterocycles. The van der Waals surface area contributed by atoms with Crippen molar-refractivity contribution in [2.24, 2.45) is 11.0 Å². The molecule has 0 radical (unpaired) electrons. The second-order valence-electron chi connectivity index (χ2n) is 8.19. The summed E-state index contributed by atoms with van der Waals surface area (Å²) in [5.74, 6) is 3.03. The lowest BCUT2D eigenvalue weighted by Gasteiger charge is -2.20. The summed E-state index contributed by atoms with van der Waals surface area (Å²) in [6.07, 6.45) is 6.85. The van der Waals surface area contributed by atoms with Gasteiger partial charge in [-0.2, -0.15) is 5.10 Å². The lowest BCUT2D eigenvalue weighted by molar-refractivity contribution is -0.123. The minimum atomic E-state index is -0.810. The van der Waals surface area contributed by atoms with Gasteiger partial charge in [-0.15, -0.1) is 6.42 Å². The van der Waals surface area contributed by atoms with E-state index < -0.39 is 17.9 Å². The Morgan fingerprint density at radius 3 is 2.74 bits per heavy atom. The van der Waals surface area contributed by atoms with E-state index in [4.69, 9.17) is 20.6 Å². The number of rotatable bonds is 8. The molecule has 8 heteroatoms. The van der Waals surface area contributed by atoms with Gasteiger partial charge in [0, 0.05) is 11.1 Å². The van der Waals surface area contributed by atoms with E-state index in [0.717, 1.165) is 10.8 Å². The Balaban J connectivity index is 1.49. The van der Waals surface area contributed by atoms with Crippen molar-refractivity contribution in [3.8, 4) is 29.6 Å². The second-order valence-corrected chi connectivity index (χ2v) is 8.19. The van der Waals surface area contributed by atoms with E-state index in [0.29, 0.717) is 28.4 Å². The van der Waals surface area contributed by atoms with Crippen LogP contribution in [0, 0.1) is 18.3 Å². The van der Waals surface area contributed by atoms with E-state index in [9.17, 15) is 9.59 Å². The predicted molar refractivity (Wildman–Crippen MR) is 133 cm³/mol. The van der Waals surface area contributed by atoms with E-state index >= 15 is 0 Å². The Kier molecular flexibility index (Phi) is 7.17. The van der Waals surface area contributed by atoms with Crippen molar-refractivity contribution >= 4 is 28.8 Å². The van der Waals surface area contributed by atoms with Crippen molar-refractivity contribution in [2.45, 2.75) is 19.9 Å². The largest absolute Gasteiger partial charge is 0.480 e. The lowest BCUT2D eigenvalue weighted by Crippen LogP contribution is -2.48. The highest BCUT2D eigenvalue weighted by Gasteiger charge is 2.25. The van der Waals surface area contributed by atoms with E-state index in [-0.39, 0.29) is 19.3 Å². The first-order valence-corrected chi connectivity index (χ1v) is 11.1. The van der Waals surface area contributed by atoms with Gasteiger partial charge in [0.2, 0.25) is 6.79 Å². The van der Waals surface area contributed by atoms with Crippen molar-refractivity contribution in [1.82, 2.24) is 10.7 Å². The first-order valence-electron chi connectivity index (χ1n) is 11.1. The molecule has 0 fully saturated rings. The summed E-state index contributed by atoms with van der Waals surface area (Å²) in [7, 11) is 0. The van der Waals surface area contributed by atoms with Crippen LogP contribution in [0.4, 0.5) is 0 Å². The van der Waals surface area contributed by atoms with E-state index in [2.05, 4.69) is 21.8 Å². The summed E-state index contributed by atoms with van der Waals surface area (Å²) >= 11 is 0. The standard InChI is InChI=1S/C27H25N3O5/c1-4-13-33-22-11-9-18-7-5-6-8-20(18)21(22)15-28-30-27(32)25(17(2)3)29-26(31)19-10-12-23-24(14-19)35-16-34-23/h1,5-12,14-15,17,25H,13,16H2,2-3H3,(H,29,31)(H,30,32). The third-order valence-electron chi connectivity index (χ3n) is 5.48. The fourth-order valence-corrected chi connectivity index (χ4v) is 3.68. The summed E-state index contributed by atoms with van der Waals surface area (Å²) < 4.78 is 16.3. The first kappa shape index (κ1) is 23.6. The van der Waals surface area contributed by atoms with Crippen LogP contribution >= 0.6 is 0 Å². The number of benzene rings is 3. The predicted octanol–water partition coefficient (Wildman–Crippen LogP) is 3.49. The molecule has 1 heterocycles. The number of carbonyl (C=O) groups excluding carboxylic acids is 2. The molecule has 0 aliphatic carbocycles. The molecular formula is C27H25N3O5. The van der Waals surface area contributed by atoms with Crippen LogP contribution in [-0.2, 0) is 4.79 Å². The molecule has 0 saturated heterocycles. The molecule has 2 N–H and O–H groups in total. The monoisotopic (exact) mass is 471 g/mol. The first-order chi connectivity index (χ1) is 17.0. The fourth-order valence-electron chi connectivity index (χ4n) is 3.68. The average Bonchev–Trinajstić information content (AvgIpc) is 3.34. The summed E-state index contributed by atoms with van der Waals surface area (Å²) in [4.78, 5) is 25.7.